The molecule has 1 aromatic rings. The van der Waals surface area contributed by atoms with Gasteiger partial charge in [-0.25, -0.2) is 8.78 Å². The fourth-order valence-electron chi connectivity index (χ4n) is 2.35. The zero-order valence-electron chi connectivity index (χ0n) is 9.22. The van der Waals surface area contributed by atoms with Gasteiger partial charge in [0, 0.05) is 17.2 Å². The third-order valence-corrected chi connectivity index (χ3v) is 3.26. The van der Waals surface area contributed by atoms with Crippen molar-refractivity contribution >= 4 is 0 Å². The van der Waals surface area contributed by atoms with Crippen LogP contribution in [0.5, 0.6) is 5.75 Å². The fourth-order valence-corrected chi connectivity index (χ4v) is 2.35. The van der Waals surface area contributed by atoms with Crippen LogP contribution in [0, 0.1) is 11.6 Å². The van der Waals surface area contributed by atoms with E-state index in [2.05, 4.69) is 0 Å². The molecule has 1 saturated carbocycles. The second-order valence-electron chi connectivity index (χ2n) is 4.33. The first-order valence-electron chi connectivity index (χ1n) is 5.39. The molecule has 1 aromatic carbocycles. The number of hydrogen-bond donors (Lipinski definition) is 1. The molecule has 88 valence electrons. The Morgan fingerprint density at radius 3 is 2.44 bits per heavy atom. The van der Waals surface area contributed by atoms with E-state index in [0.717, 1.165) is 18.9 Å². The minimum atomic E-state index is -0.737. The average molecular weight is 227 g/mol. The average Bonchev–Trinajstić information content (AvgIpc) is 2.69. The topological polar surface area (TPSA) is 35.2 Å². The molecule has 0 bridgehead atoms. The smallest absolute Gasteiger partial charge is 0.170 e. The van der Waals surface area contributed by atoms with E-state index >= 15 is 0 Å². The molecule has 1 aliphatic rings. The Morgan fingerprint density at radius 1 is 1.25 bits per heavy atom. The lowest BCUT2D eigenvalue weighted by atomic mass is 9.88. The molecule has 1 aliphatic carbocycles. The van der Waals surface area contributed by atoms with Gasteiger partial charge in [0.2, 0.25) is 0 Å². The van der Waals surface area contributed by atoms with Crippen molar-refractivity contribution in [2.45, 2.75) is 31.2 Å². The van der Waals surface area contributed by atoms with Gasteiger partial charge in [0.15, 0.2) is 11.6 Å². The van der Waals surface area contributed by atoms with Crippen molar-refractivity contribution in [2.24, 2.45) is 5.73 Å². The molecule has 2 nitrogen and oxygen atoms in total. The summed E-state index contributed by atoms with van der Waals surface area (Å²) in [5, 5.41) is 0. The second-order valence-corrected chi connectivity index (χ2v) is 4.33. The van der Waals surface area contributed by atoms with Crippen LogP contribution in [0.15, 0.2) is 12.1 Å². The number of benzene rings is 1. The highest BCUT2D eigenvalue weighted by Crippen LogP contribution is 2.39. The third-order valence-electron chi connectivity index (χ3n) is 3.26. The predicted octanol–water partition coefficient (Wildman–Crippen LogP) is 2.70. The van der Waals surface area contributed by atoms with E-state index in [9.17, 15) is 8.78 Å². The molecule has 0 amide bonds. The lowest BCUT2D eigenvalue weighted by Crippen LogP contribution is -2.34. The molecule has 1 fully saturated rings. The molecule has 0 spiro atoms. The largest absolute Gasteiger partial charge is 0.494 e. The van der Waals surface area contributed by atoms with Crippen LogP contribution in [0.25, 0.3) is 0 Å². The molecule has 0 saturated heterocycles. The number of methoxy groups -OCH3 is 1. The van der Waals surface area contributed by atoms with Crippen LogP contribution in [-0.4, -0.2) is 7.11 Å². The Morgan fingerprint density at radius 2 is 1.88 bits per heavy atom. The summed E-state index contributed by atoms with van der Waals surface area (Å²) >= 11 is 0. The highest BCUT2D eigenvalue weighted by Gasteiger charge is 2.35. The summed E-state index contributed by atoms with van der Waals surface area (Å²) in [5.41, 5.74) is 5.61. The summed E-state index contributed by atoms with van der Waals surface area (Å²) < 4.78 is 32.1. The molecule has 0 heterocycles. The molecule has 2 rings (SSSR count). The van der Waals surface area contributed by atoms with Gasteiger partial charge in [-0.3, -0.25) is 0 Å². The van der Waals surface area contributed by atoms with Crippen LogP contribution >= 0.6 is 0 Å². The molecular formula is C12H15F2NO. The monoisotopic (exact) mass is 227 g/mol. The van der Waals surface area contributed by atoms with Crippen LogP contribution in [0.2, 0.25) is 0 Å². The van der Waals surface area contributed by atoms with Crippen LogP contribution in [0.3, 0.4) is 0 Å². The standard InChI is InChI=1S/C12H15F2NO/c1-16-10-7-8(13)6-9(11(10)14)12(15)4-2-3-5-12/h6-7H,2-5,15H2,1H3. The van der Waals surface area contributed by atoms with E-state index in [0.29, 0.717) is 12.8 Å². The highest BCUT2D eigenvalue weighted by atomic mass is 19.1. The Hall–Kier alpha value is -1.16. The second kappa shape index (κ2) is 4.01. The summed E-state index contributed by atoms with van der Waals surface area (Å²) in [6.07, 6.45) is 3.29. The lowest BCUT2D eigenvalue weighted by Gasteiger charge is -2.25. The Kier molecular flexibility index (Phi) is 2.84. The molecule has 0 aliphatic heterocycles. The van der Waals surface area contributed by atoms with E-state index in [1.807, 2.05) is 0 Å². The minimum Gasteiger partial charge on any atom is -0.494 e. The first-order valence-corrected chi connectivity index (χ1v) is 5.39. The summed E-state index contributed by atoms with van der Waals surface area (Å²) in [6, 6.07) is 2.22. The van der Waals surface area contributed by atoms with E-state index in [1.54, 1.807) is 0 Å². The van der Waals surface area contributed by atoms with Gasteiger partial charge in [-0.2, -0.15) is 0 Å². The van der Waals surface area contributed by atoms with E-state index in [4.69, 9.17) is 10.5 Å². The summed E-state index contributed by atoms with van der Waals surface area (Å²) in [4.78, 5) is 0. The van der Waals surface area contributed by atoms with Crippen molar-refractivity contribution in [3.8, 4) is 5.75 Å². The molecule has 2 N–H and O–H groups in total. The van der Waals surface area contributed by atoms with Crippen LogP contribution in [0.4, 0.5) is 8.78 Å². The van der Waals surface area contributed by atoms with Gasteiger partial charge in [-0.05, 0) is 18.9 Å². The van der Waals surface area contributed by atoms with Crippen LogP contribution in [-0.2, 0) is 5.54 Å². The van der Waals surface area contributed by atoms with E-state index in [-0.39, 0.29) is 11.3 Å². The predicted molar refractivity (Wildman–Crippen MR) is 57.2 cm³/mol. The highest BCUT2D eigenvalue weighted by molar-refractivity contribution is 5.36. The molecule has 0 atom stereocenters. The van der Waals surface area contributed by atoms with Gasteiger partial charge in [0.05, 0.1) is 7.11 Å². The molecular weight excluding hydrogens is 212 g/mol. The quantitative estimate of drug-likeness (QED) is 0.843. The van der Waals surface area contributed by atoms with Crippen LogP contribution < -0.4 is 10.5 Å². The Bertz CT molecular complexity index is 400. The zero-order valence-corrected chi connectivity index (χ0v) is 9.22. The van der Waals surface area contributed by atoms with E-state index in [1.165, 1.54) is 13.2 Å². The molecule has 0 radical (unpaired) electrons. The van der Waals surface area contributed by atoms with Crippen molar-refractivity contribution < 1.29 is 13.5 Å². The summed E-state index contributed by atoms with van der Waals surface area (Å²) in [7, 11) is 1.32. The van der Waals surface area contributed by atoms with Crippen molar-refractivity contribution in [2.75, 3.05) is 7.11 Å². The first-order chi connectivity index (χ1) is 7.57. The lowest BCUT2D eigenvalue weighted by molar-refractivity contribution is 0.363. The number of rotatable bonds is 2. The van der Waals surface area contributed by atoms with Gasteiger partial charge >= 0.3 is 0 Å². The maximum Gasteiger partial charge on any atom is 0.170 e. The minimum absolute atomic E-state index is 0.0771. The third kappa shape index (κ3) is 1.78. The molecule has 0 unspecified atom stereocenters. The van der Waals surface area contributed by atoms with Gasteiger partial charge in [0.1, 0.15) is 5.82 Å². The first kappa shape index (κ1) is 11.3. The number of ether oxygens (including phenoxy) is 1. The fraction of sp³-hybridized carbons (Fsp3) is 0.500. The normalized spacial score (nSPS) is 18.8. The Labute approximate surface area is 93.4 Å². The SMILES string of the molecule is COc1cc(F)cc(C2(N)CCCC2)c1F. The number of hydrogen-bond acceptors (Lipinski definition) is 2. The molecule has 0 aromatic heterocycles. The van der Waals surface area contributed by atoms with Gasteiger partial charge in [-0.15, -0.1) is 0 Å². The van der Waals surface area contributed by atoms with Crippen molar-refractivity contribution in [3.63, 3.8) is 0 Å². The van der Waals surface area contributed by atoms with Crippen LogP contribution in [0.1, 0.15) is 31.2 Å². The van der Waals surface area contributed by atoms with Gasteiger partial charge < -0.3 is 10.5 Å². The van der Waals surface area contributed by atoms with Crippen molar-refractivity contribution in [1.29, 1.82) is 0 Å². The Balaban J connectivity index is 2.51. The molecule has 4 heteroatoms. The van der Waals surface area contributed by atoms with Gasteiger partial charge in [0.25, 0.3) is 0 Å². The van der Waals surface area contributed by atoms with Crippen molar-refractivity contribution in [3.05, 3.63) is 29.3 Å². The number of halogens is 2. The van der Waals surface area contributed by atoms with Crippen molar-refractivity contribution in [1.82, 2.24) is 0 Å². The van der Waals surface area contributed by atoms with Gasteiger partial charge in [-0.1, -0.05) is 12.8 Å². The summed E-state index contributed by atoms with van der Waals surface area (Å²) in [6.45, 7) is 0. The molecule has 16 heavy (non-hydrogen) atoms. The maximum absolute atomic E-state index is 14.0. The maximum atomic E-state index is 14.0. The number of nitrogens with two attached hydrogens (primary N) is 1. The summed E-state index contributed by atoms with van der Waals surface area (Å²) in [5.74, 6) is -1.12. The van der Waals surface area contributed by atoms with E-state index < -0.39 is 17.2 Å². The zero-order chi connectivity index (χ0) is 11.8.